The van der Waals surface area contributed by atoms with Crippen molar-refractivity contribution in [2.24, 2.45) is 0 Å². The van der Waals surface area contributed by atoms with E-state index in [1.165, 1.54) is 5.56 Å². The fourth-order valence-corrected chi connectivity index (χ4v) is 2.11. The normalized spacial score (nSPS) is 10.4. The first-order valence-corrected chi connectivity index (χ1v) is 6.29. The molecule has 0 heterocycles. The second-order valence-corrected chi connectivity index (χ2v) is 4.99. The van der Waals surface area contributed by atoms with E-state index >= 15 is 0 Å². The summed E-state index contributed by atoms with van der Waals surface area (Å²) in [6, 6.07) is 15.8. The molecule has 0 spiro atoms. The molecule has 1 nitrogen and oxygen atoms in total. The standard InChI is InChI=1S/C16H14ClN/c1-11(2)13-4-3-5-14(9-13)15-8-12(10-18)6-7-16(15)17/h3-9,11H,1-2H3. The minimum absolute atomic E-state index is 0.475. The molecule has 0 aliphatic rings. The van der Waals surface area contributed by atoms with E-state index in [0.717, 1.165) is 11.1 Å². The van der Waals surface area contributed by atoms with E-state index in [9.17, 15) is 0 Å². The minimum atomic E-state index is 0.475. The van der Waals surface area contributed by atoms with Crippen molar-refractivity contribution in [1.82, 2.24) is 0 Å². The summed E-state index contributed by atoms with van der Waals surface area (Å²) in [6.07, 6.45) is 0. The number of hydrogen-bond donors (Lipinski definition) is 0. The average molecular weight is 256 g/mol. The van der Waals surface area contributed by atoms with Crippen molar-refractivity contribution in [2.45, 2.75) is 19.8 Å². The highest BCUT2D eigenvalue weighted by atomic mass is 35.5. The first-order valence-electron chi connectivity index (χ1n) is 5.92. The summed E-state index contributed by atoms with van der Waals surface area (Å²) < 4.78 is 0. The Hall–Kier alpha value is -1.78. The molecule has 2 heteroatoms. The van der Waals surface area contributed by atoms with Crippen molar-refractivity contribution in [3.8, 4) is 17.2 Å². The average Bonchev–Trinajstić information content (AvgIpc) is 2.39. The van der Waals surface area contributed by atoms with Crippen LogP contribution in [-0.2, 0) is 0 Å². The molecule has 0 aromatic heterocycles. The van der Waals surface area contributed by atoms with Crippen LogP contribution in [0.2, 0.25) is 5.02 Å². The van der Waals surface area contributed by atoms with E-state index < -0.39 is 0 Å². The highest BCUT2D eigenvalue weighted by Crippen LogP contribution is 2.30. The van der Waals surface area contributed by atoms with Crippen molar-refractivity contribution >= 4 is 11.6 Å². The highest BCUT2D eigenvalue weighted by molar-refractivity contribution is 6.33. The van der Waals surface area contributed by atoms with Gasteiger partial charge >= 0.3 is 0 Å². The van der Waals surface area contributed by atoms with Crippen molar-refractivity contribution in [3.05, 3.63) is 58.6 Å². The van der Waals surface area contributed by atoms with E-state index in [-0.39, 0.29) is 0 Å². The van der Waals surface area contributed by atoms with Gasteiger partial charge in [-0.15, -0.1) is 0 Å². The summed E-state index contributed by atoms with van der Waals surface area (Å²) in [6.45, 7) is 4.32. The Kier molecular flexibility index (Phi) is 3.69. The number of nitriles is 1. The van der Waals surface area contributed by atoms with Crippen LogP contribution in [-0.4, -0.2) is 0 Å². The largest absolute Gasteiger partial charge is 0.192 e. The van der Waals surface area contributed by atoms with Crippen molar-refractivity contribution < 1.29 is 0 Å². The van der Waals surface area contributed by atoms with E-state index in [1.54, 1.807) is 12.1 Å². The lowest BCUT2D eigenvalue weighted by Crippen LogP contribution is -1.89. The zero-order valence-corrected chi connectivity index (χ0v) is 11.2. The van der Waals surface area contributed by atoms with Crippen LogP contribution in [0.3, 0.4) is 0 Å². The Morgan fingerprint density at radius 1 is 1.11 bits per heavy atom. The highest BCUT2D eigenvalue weighted by Gasteiger charge is 2.07. The fourth-order valence-electron chi connectivity index (χ4n) is 1.88. The zero-order valence-electron chi connectivity index (χ0n) is 10.4. The van der Waals surface area contributed by atoms with Gasteiger partial charge in [0.05, 0.1) is 11.6 Å². The molecule has 0 atom stereocenters. The molecular weight excluding hydrogens is 242 g/mol. The molecule has 0 bridgehead atoms. The van der Waals surface area contributed by atoms with Gasteiger partial charge in [-0.05, 0) is 35.2 Å². The molecular formula is C16H14ClN. The van der Waals surface area contributed by atoms with Gasteiger partial charge in [-0.3, -0.25) is 0 Å². The summed E-state index contributed by atoms with van der Waals surface area (Å²) >= 11 is 6.21. The number of rotatable bonds is 2. The zero-order chi connectivity index (χ0) is 13.1. The molecule has 2 rings (SSSR count). The van der Waals surface area contributed by atoms with Gasteiger partial charge in [0.1, 0.15) is 0 Å². The summed E-state index contributed by atoms with van der Waals surface area (Å²) in [5.41, 5.74) is 3.87. The smallest absolute Gasteiger partial charge is 0.0991 e. The summed E-state index contributed by atoms with van der Waals surface area (Å²) in [5.74, 6) is 0.475. The molecule has 0 aliphatic heterocycles. The van der Waals surface area contributed by atoms with Gasteiger partial charge in [0.15, 0.2) is 0 Å². The maximum atomic E-state index is 8.95. The SMILES string of the molecule is CC(C)c1cccc(-c2cc(C#N)ccc2Cl)c1. The van der Waals surface area contributed by atoms with Crippen molar-refractivity contribution in [1.29, 1.82) is 5.26 Å². The fraction of sp³-hybridized carbons (Fsp3) is 0.188. The number of halogens is 1. The predicted octanol–water partition coefficient (Wildman–Crippen LogP) is 5.00. The van der Waals surface area contributed by atoms with E-state index in [2.05, 4.69) is 32.0 Å². The lowest BCUT2D eigenvalue weighted by molar-refractivity contribution is 0.867. The number of benzene rings is 2. The summed E-state index contributed by atoms with van der Waals surface area (Å²) in [4.78, 5) is 0. The van der Waals surface area contributed by atoms with Gasteiger partial charge in [-0.25, -0.2) is 0 Å². The number of nitrogens with zero attached hydrogens (tertiary/aromatic N) is 1. The molecule has 0 radical (unpaired) electrons. The molecule has 90 valence electrons. The summed E-state index contributed by atoms with van der Waals surface area (Å²) in [7, 11) is 0. The van der Waals surface area contributed by atoms with E-state index in [1.807, 2.05) is 18.2 Å². The van der Waals surface area contributed by atoms with E-state index in [4.69, 9.17) is 16.9 Å². The Morgan fingerprint density at radius 3 is 2.56 bits per heavy atom. The van der Waals surface area contributed by atoms with Gasteiger partial charge in [-0.1, -0.05) is 49.7 Å². The minimum Gasteiger partial charge on any atom is -0.192 e. The van der Waals surface area contributed by atoms with Gasteiger partial charge in [0, 0.05) is 10.6 Å². The van der Waals surface area contributed by atoms with Crippen LogP contribution < -0.4 is 0 Å². The predicted molar refractivity (Wildman–Crippen MR) is 75.7 cm³/mol. The lowest BCUT2D eigenvalue weighted by atomic mass is 9.97. The molecule has 0 unspecified atom stereocenters. The Bertz CT molecular complexity index is 609. The third-order valence-electron chi connectivity index (χ3n) is 2.96. The molecule has 0 aliphatic carbocycles. The molecule has 18 heavy (non-hydrogen) atoms. The lowest BCUT2D eigenvalue weighted by Gasteiger charge is -2.09. The topological polar surface area (TPSA) is 23.8 Å². The van der Waals surface area contributed by atoms with Gasteiger partial charge in [-0.2, -0.15) is 5.26 Å². The van der Waals surface area contributed by atoms with Crippen LogP contribution >= 0.6 is 11.6 Å². The second kappa shape index (κ2) is 5.25. The third kappa shape index (κ3) is 2.55. The van der Waals surface area contributed by atoms with Crippen LogP contribution in [0, 0.1) is 11.3 Å². The molecule has 0 amide bonds. The van der Waals surface area contributed by atoms with Gasteiger partial charge in [0.2, 0.25) is 0 Å². The second-order valence-electron chi connectivity index (χ2n) is 4.59. The Balaban J connectivity index is 2.55. The first-order chi connectivity index (χ1) is 8.61. The molecule has 0 saturated heterocycles. The maximum Gasteiger partial charge on any atom is 0.0991 e. The van der Waals surface area contributed by atoms with E-state index in [0.29, 0.717) is 16.5 Å². The molecule has 2 aromatic rings. The maximum absolute atomic E-state index is 8.95. The Morgan fingerprint density at radius 2 is 1.89 bits per heavy atom. The van der Waals surface area contributed by atoms with Crippen molar-refractivity contribution in [2.75, 3.05) is 0 Å². The van der Waals surface area contributed by atoms with Crippen molar-refractivity contribution in [3.63, 3.8) is 0 Å². The summed E-state index contributed by atoms with van der Waals surface area (Å²) in [5, 5.41) is 9.63. The van der Waals surface area contributed by atoms with Gasteiger partial charge in [0.25, 0.3) is 0 Å². The first kappa shape index (κ1) is 12.7. The third-order valence-corrected chi connectivity index (χ3v) is 3.29. The number of hydrogen-bond acceptors (Lipinski definition) is 1. The molecule has 0 fully saturated rings. The quantitative estimate of drug-likeness (QED) is 0.741. The van der Waals surface area contributed by atoms with Gasteiger partial charge < -0.3 is 0 Å². The van der Waals surface area contributed by atoms with Crippen LogP contribution in [0.5, 0.6) is 0 Å². The molecule has 0 saturated carbocycles. The van der Waals surface area contributed by atoms with Crippen LogP contribution in [0.4, 0.5) is 0 Å². The monoisotopic (exact) mass is 255 g/mol. The Labute approximate surface area is 113 Å². The van der Waals surface area contributed by atoms with Crippen LogP contribution in [0.1, 0.15) is 30.9 Å². The van der Waals surface area contributed by atoms with Crippen LogP contribution in [0.25, 0.3) is 11.1 Å². The molecule has 2 aromatic carbocycles. The molecule has 0 N–H and O–H groups in total. The van der Waals surface area contributed by atoms with Crippen LogP contribution in [0.15, 0.2) is 42.5 Å².